The Morgan fingerprint density at radius 1 is 1.50 bits per heavy atom. The average molecular weight is 211 g/mol. The number of aliphatic hydroxyl groups excluding tert-OH is 1. The maximum absolute atomic E-state index is 9.05. The molecule has 0 bridgehead atoms. The summed E-state index contributed by atoms with van der Waals surface area (Å²) >= 11 is 3.15. The molecule has 0 amide bonds. The Morgan fingerprint density at radius 3 is 2.30 bits per heavy atom. The van der Waals surface area contributed by atoms with E-state index in [1.165, 1.54) is 0 Å². The van der Waals surface area contributed by atoms with Crippen molar-refractivity contribution in [1.82, 2.24) is 0 Å². The van der Waals surface area contributed by atoms with Crippen LogP contribution in [0.1, 0.15) is 20.8 Å². The molecule has 1 unspecified atom stereocenters. The van der Waals surface area contributed by atoms with Gasteiger partial charge in [-0.1, -0.05) is 15.9 Å². The fourth-order valence-corrected chi connectivity index (χ4v) is 0.578. The van der Waals surface area contributed by atoms with Crippen LogP contribution in [0.2, 0.25) is 0 Å². The average Bonchev–Trinajstić information content (AvgIpc) is 1.81. The number of hydrogen-bond donors (Lipinski definition) is 1. The summed E-state index contributed by atoms with van der Waals surface area (Å²) < 4.78 is 5.30. The van der Waals surface area contributed by atoms with Crippen molar-refractivity contribution in [3.8, 4) is 0 Å². The van der Waals surface area contributed by atoms with E-state index in [2.05, 4.69) is 15.9 Å². The molecular weight excluding hydrogens is 196 g/mol. The minimum absolute atomic E-state index is 0.150. The summed E-state index contributed by atoms with van der Waals surface area (Å²) in [6.07, 6.45) is -0.390. The molecule has 0 rings (SSSR count). The highest BCUT2D eigenvalue weighted by molar-refractivity contribution is 9.09. The molecule has 0 aliphatic heterocycles. The van der Waals surface area contributed by atoms with Crippen molar-refractivity contribution in [1.29, 1.82) is 0 Å². The Hall–Kier alpha value is 0.400. The van der Waals surface area contributed by atoms with Crippen LogP contribution in [0.25, 0.3) is 0 Å². The molecule has 0 radical (unpaired) electrons. The van der Waals surface area contributed by atoms with E-state index in [0.717, 1.165) is 0 Å². The van der Waals surface area contributed by atoms with Crippen molar-refractivity contribution in [2.24, 2.45) is 0 Å². The van der Waals surface area contributed by atoms with Gasteiger partial charge in [-0.05, 0) is 20.8 Å². The minimum Gasteiger partial charge on any atom is -0.390 e. The van der Waals surface area contributed by atoms with Crippen LogP contribution >= 0.6 is 15.9 Å². The van der Waals surface area contributed by atoms with Crippen LogP contribution in [0.3, 0.4) is 0 Å². The summed E-state index contributed by atoms with van der Waals surface area (Å²) in [6.45, 7) is 6.30. The fraction of sp³-hybridized carbons (Fsp3) is 1.00. The zero-order chi connectivity index (χ0) is 8.20. The number of rotatable bonds is 3. The Labute approximate surface area is 70.7 Å². The van der Waals surface area contributed by atoms with E-state index < -0.39 is 0 Å². The molecule has 0 saturated heterocycles. The van der Waals surface area contributed by atoms with Crippen molar-refractivity contribution < 1.29 is 9.84 Å². The van der Waals surface area contributed by atoms with Crippen LogP contribution in [0.15, 0.2) is 0 Å². The van der Waals surface area contributed by atoms with Crippen LogP contribution in [0.5, 0.6) is 0 Å². The normalized spacial score (nSPS) is 15.3. The largest absolute Gasteiger partial charge is 0.390 e. The van der Waals surface area contributed by atoms with E-state index in [4.69, 9.17) is 9.84 Å². The highest BCUT2D eigenvalue weighted by Gasteiger charge is 2.12. The van der Waals surface area contributed by atoms with Gasteiger partial charge in [0.15, 0.2) is 0 Å². The van der Waals surface area contributed by atoms with Gasteiger partial charge in [-0.25, -0.2) is 0 Å². The van der Waals surface area contributed by atoms with Crippen molar-refractivity contribution in [2.75, 3.05) is 11.9 Å². The number of alkyl halides is 1. The van der Waals surface area contributed by atoms with E-state index >= 15 is 0 Å². The van der Waals surface area contributed by atoms with Gasteiger partial charge in [-0.3, -0.25) is 0 Å². The van der Waals surface area contributed by atoms with E-state index in [9.17, 15) is 0 Å². The maximum Gasteiger partial charge on any atom is 0.0870 e. The number of hydrogen-bond acceptors (Lipinski definition) is 2. The molecule has 62 valence electrons. The summed E-state index contributed by atoms with van der Waals surface area (Å²) in [7, 11) is 0. The molecular formula is C7H15BrO2. The molecule has 1 N–H and O–H groups in total. The van der Waals surface area contributed by atoms with E-state index in [1.807, 2.05) is 20.8 Å². The SMILES string of the molecule is CC(C)(C)OCC(O)CBr. The molecule has 0 aliphatic carbocycles. The quantitative estimate of drug-likeness (QED) is 0.717. The number of halogens is 1. The third-order valence-electron chi connectivity index (χ3n) is 0.887. The highest BCUT2D eigenvalue weighted by Crippen LogP contribution is 2.07. The minimum atomic E-state index is -0.390. The van der Waals surface area contributed by atoms with Gasteiger partial charge in [0.05, 0.1) is 18.3 Å². The second kappa shape index (κ2) is 4.31. The molecule has 2 nitrogen and oxygen atoms in total. The van der Waals surface area contributed by atoms with Gasteiger partial charge in [0.1, 0.15) is 0 Å². The third kappa shape index (κ3) is 6.52. The molecule has 0 saturated carbocycles. The van der Waals surface area contributed by atoms with Crippen LogP contribution in [-0.4, -0.2) is 28.7 Å². The molecule has 1 atom stereocenters. The topological polar surface area (TPSA) is 29.5 Å². The standard InChI is InChI=1S/C7H15BrO2/c1-7(2,3)10-5-6(9)4-8/h6,9H,4-5H2,1-3H3. The second-order valence-corrected chi connectivity index (χ2v) is 3.88. The first-order valence-corrected chi connectivity index (χ1v) is 4.46. The van der Waals surface area contributed by atoms with Crippen LogP contribution in [0.4, 0.5) is 0 Å². The van der Waals surface area contributed by atoms with E-state index in [1.54, 1.807) is 0 Å². The van der Waals surface area contributed by atoms with Gasteiger partial charge >= 0.3 is 0 Å². The summed E-state index contributed by atoms with van der Waals surface area (Å²) in [5, 5.41) is 9.62. The summed E-state index contributed by atoms with van der Waals surface area (Å²) in [5.41, 5.74) is -0.150. The van der Waals surface area contributed by atoms with Crippen LogP contribution in [0, 0.1) is 0 Å². The number of ether oxygens (including phenoxy) is 1. The Balaban J connectivity index is 3.36. The van der Waals surface area contributed by atoms with E-state index in [-0.39, 0.29) is 11.7 Å². The molecule has 3 heteroatoms. The smallest absolute Gasteiger partial charge is 0.0870 e. The zero-order valence-corrected chi connectivity index (χ0v) is 8.31. The van der Waals surface area contributed by atoms with Crippen LogP contribution in [-0.2, 0) is 4.74 Å². The maximum atomic E-state index is 9.05. The van der Waals surface area contributed by atoms with Crippen molar-refractivity contribution in [3.63, 3.8) is 0 Å². The van der Waals surface area contributed by atoms with Gasteiger partial charge < -0.3 is 9.84 Å². The first kappa shape index (κ1) is 10.4. The van der Waals surface area contributed by atoms with Gasteiger partial charge in [-0.2, -0.15) is 0 Å². The van der Waals surface area contributed by atoms with Gasteiger partial charge in [-0.15, -0.1) is 0 Å². The Kier molecular flexibility index (Phi) is 4.49. The lowest BCUT2D eigenvalue weighted by Gasteiger charge is -2.20. The predicted octanol–water partition coefficient (Wildman–Crippen LogP) is 1.56. The molecule has 0 aromatic heterocycles. The number of aliphatic hydroxyl groups is 1. The first-order chi connectivity index (χ1) is 4.45. The lowest BCUT2D eigenvalue weighted by atomic mass is 10.2. The molecule has 0 aromatic rings. The molecule has 0 heterocycles. The lowest BCUT2D eigenvalue weighted by molar-refractivity contribution is -0.0421. The highest BCUT2D eigenvalue weighted by atomic mass is 79.9. The van der Waals surface area contributed by atoms with E-state index in [0.29, 0.717) is 11.9 Å². The summed E-state index contributed by atoms with van der Waals surface area (Å²) in [6, 6.07) is 0. The second-order valence-electron chi connectivity index (χ2n) is 3.23. The summed E-state index contributed by atoms with van der Waals surface area (Å²) in [4.78, 5) is 0. The van der Waals surface area contributed by atoms with Crippen molar-refractivity contribution >= 4 is 15.9 Å². The van der Waals surface area contributed by atoms with Crippen molar-refractivity contribution in [2.45, 2.75) is 32.5 Å². The fourth-order valence-electron chi connectivity index (χ4n) is 0.391. The van der Waals surface area contributed by atoms with Crippen molar-refractivity contribution in [3.05, 3.63) is 0 Å². The van der Waals surface area contributed by atoms with Gasteiger partial charge in [0, 0.05) is 5.33 Å². The third-order valence-corrected chi connectivity index (χ3v) is 1.63. The van der Waals surface area contributed by atoms with Crippen LogP contribution < -0.4 is 0 Å². The Morgan fingerprint density at radius 2 is 2.00 bits per heavy atom. The van der Waals surface area contributed by atoms with Gasteiger partial charge in [0.2, 0.25) is 0 Å². The molecule has 0 fully saturated rings. The molecule has 0 spiro atoms. The Bertz CT molecular complexity index is 88.1. The molecule has 10 heavy (non-hydrogen) atoms. The lowest BCUT2D eigenvalue weighted by Crippen LogP contribution is -2.26. The first-order valence-electron chi connectivity index (χ1n) is 3.33. The molecule has 0 aromatic carbocycles. The molecule has 0 aliphatic rings. The monoisotopic (exact) mass is 210 g/mol. The predicted molar refractivity (Wildman–Crippen MR) is 45.5 cm³/mol. The summed E-state index contributed by atoms with van der Waals surface area (Å²) in [5.74, 6) is 0. The zero-order valence-electron chi connectivity index (χ0n) is 6.72. The van der Waals surface area contributed by atoms with Gasteiger partial charge in [0.25, 0.3) is 0 Å².